The van der Waals surface area contributed by atoms with E-state index in [2.05, 4.69) is 16.5 Å². The molecule has 0 fully saturated rings. The SMILES string of the molecule is CCn1nc(C)c(C(=O)Nc2cccc(-c3nc4ccccc4s3)c2)c1C. The maximum absolute atomic E-state index is 12.8. The molecular weight excluding hydrogens is 356 g/mol. The summed E-state index contributed by atoms with van der Waals surface area (Å²) in [6.45, 7) is 6.55. The van der Waals surface area contributed by atoms with E-state index in [4.69, 9.17) is 4.98 Å². The van der Waals surface area contributed by atoms with E-state index in [0.29, 0.717) is 5.56 Å². The van der Waals surface area contributed by atoms with Crippen LogP contribution < -0.4 is 5.32 Å². The highest BCUT2D eigenvalue weighted by Crippen LogP contribution is 2.31. The number of carbonyl (C=O) groups excluding carboxylic acids is 1. The fraction of sp³-hybridized carbons (Fsp3) is 0.190. The standard InChI is InChI=1S/C21H20N4OS/c1-4-25-14(3)19(13(2)24-25)20(26)22-16-9-7-8-15(12-16)21-23-17-10-5-6-11-18(17)27-21/h5-12H,4H2,1-3H3,(H,22,26). The van der Waals surface area contributed by atoms with Crippen LogP contribution in [0.25, 0.3) is 20.8 Å². The van der Waals surface area contributed by atoms with Crippen LogP contribution in [-0.4, -0.2) is 20.7 Å². The smallest absolute Gasteiger partial charge is 0.259 e. The molecule has 6 heteroatoms. The molecule has 136 valence electrons. The maximum atomic E-state index is 12.8. The number of nitrogens with zero attached hydrogens (tertiary/aromatic N) is 3. The second-order valence-corrected chi connectivity index (χ2v) is 7.41. The fourth-order valence-corrected chi connectivity index (χ4v) is 4.21. The van der Waals surface area contributed by atoms with E-state index in [1.165, 1.54) is 0 Å². The van der Waals surface area contributed by atoms with Gasteiger partial charge in [-0.2, -0.15) is 5.10 Å². The average Bonchev–Trinajstić information content (AvgIpc) is 3.22. The molecule has 2 heterocycles. The Morgan fingerprint density at radius 1 is 1.15 bits per heavy atom. The number of thiazole rings is 1. The summed E-state index contributed by atoms with van der Waals surface area (Å²) in [5.74, 6) is -0.133. The molecule has 0 aliphatic carbocycles. The van der Waals surface area contributed by atoms with Crippen LogP contribution in [-0.2, 0) is 6.54 Å². The molecule has 0 aliphatic heterocycles. The number of hydrogen-bond donors (Lipinski definition) is 1. The molecule has 0 saturated heterocycles. The predicted octanol–water partition coefficient (Wildman–Crippen LogP) is 5.05. The van der Waals surface area contributed by atoms with Crippen LogP contribution in [0.15, 0.2) is 48.5 Å². The Morgan fingerprint density at radius 3 is 2.70 bits per heavy atom. The van der Waals surface area contributed by atoms with Crippen LogP contribution in [0.1, 0.15) is 28.7 Å². The van der Waals surface area contributed by atoms with Gasteiger partial charge >= 0.3 is 0 Å². The molecule has 27 heavy (non-hydrogen) atoms. The zero-order valence-electron chi connectivity index (χ0n) is 15.5. The first-order valence-electron chi connectivity index (χ1n) is 8.88. The van der Waals surface area contributed by atoms with E-state index >= 15 is 0 Å². The molecule has 2 aromatic heterocycles. The van der Waals surface area contributed by atoms with Crippen molar-refractivity contribution in [1.29, 1.82) is 0 Å². The third-order valence-electron chi connectivity index (χ3n) is 4.57. The highest BCUT2D eigenvalue weighted by Gasteiger charge is 2.18. The molecule has 0 saturated carbocycles. The van der Waals surface area contributed by atoms with E-state index in [1.807, 2.05) is 67.9 Å². The minimum absolute atomic E-state index is 0.133. The average molecular weight is 376 g/mol. The zero-order valence-corrected chi connectivity index (χ0v) is 16.3. The van der Waals surface area contributed by atoms with Crippen molar-refractivity contribution in [2.24, 2.45) is 0 Å². The summed E-state index contributed by atoms with van der Waals surface area (Å²) < 4.78 is 3.00. The summed E-state index contributed by atoms with van der Waals surface area (Å²) in [5, 5.41) is 8.38. The number of carbonyl (C=O) groups is 1. The van der Waals surface area contributed by atoms with Crippen molar-refractivity contribution >= 4 is 33.1 Å². The molecule has 4 rings (SSSR count). The van der Waals surface area contributed by atoms with Gasteiger partial charge in [-0.15, -0.1) is 11.3 Å². The first-order valence-corrected chi connectivity index (χ1v) is 9.70. The van der Waals surface area contributed by atoms with Gasteiger partial charge in [-0.05, 0) is 45.0 Å². The Bertz CT molecular complexity index is 1110. The summed E-state index contributed by atoms with van der Waals surface area (Å²) in [6.07, 6.45) is 0. The summed E-state index contributed by atoms with van der Waals surface area (Å²) in [5.41, 5.74) is 5.00. The lowest BCUT2D eigenvalue weighted by molar-refractivity contribution is 0.102. The normalized spacial score (nSPS) is 11.1. The van der Waals surface area contributed by atoms with E-state index < -0.39 is 0 Å². The van der Waals surface area contributed by atoms with Gasteiger partial charge in [0.05, 0.1) is 21.5 Å². The third kappa shape index (κ3) is 3.24. The fourth-order valence-electron chi connectivity index (χ4n) is 3.25. The van der Waals surface area contributed by atoms with Gasteiger partial charge in [0.15, 0.2) is 0 Å². The predicted molar refractivity (Wildman–Crippen MR) is 110 cm³/mol. The van der Waals surface area contributed by atoms with Crippen molar-refractivity contribution < 1.29 is 4.79 Å². The highest BCUT2D eigenvalue weighted by molar-refractivity contribution is 7.21. The summed E-state index contributed by atoms with van der Waals surface area (Å²) in [7, 11) is 0. The van der Waals surface area contributed by atoms with E-state index in [0.717, 1.165) is 44.4 Å². The maximum Gasteiger partial charge on any atom is 0.259 e. The summed E-state index contributed by atoms with van der Waals surface area (Å²) >= 11 is 1.65. The van der Waals surface area contributed by atoms with Gasteiger partial charge < -0.3 is 5.32 Å². The van der Waals surface area contributed by atoms with Crippen LogP contribution in [0, 0.1) is 13.8 Å². The Balaban J connectivity index is 1.63. The molecule has 2 aromatic carbocycles. The van der Waals surface area contributed by atoms with Crippen molar-refractivity contribution in [2.75, 3.05) is 5.32 Å². The lowest BCUT2D eigenvalue weighted by atomic mass is 10.1. The zero-order chi connectivity index (χ0) is 19.0. The van der Waals surface area contributed by atoms with Gasteiger partial charge in [-0.25, -0.2) is 4.98 Å². The van der Waals surface area contributed by atoms with Gasteiger partial charge in [-0.3, -0.25) is 9.48 Å². The van der Waals surface area contributed by atoms with Crippen molar-refractivity contribution in [3.63, 3.8) is 0 Å². The quantitative estimate of drug-likeness (QED) is 0.542. The summed E-state index contributed by atoms with van der Waals surface area (Å²) in [6, 6.07) is 15.9. The Labute approximate surface area is 161 Å². The molecule has 1 N–H and O–H groups in total. The van der Waals surface area contributed by atoms with E-state index in [1.54, 1.807) is 11.3 Å². The second-order valence-electron chi connectivity index (χ2n) is 6.38. The van der Waals surface area contributed by atoms with Gasteiger partial charge in [0.25, 0.3) is 5.91 Å². The number of benzene rings is 2. The van der Waals surface area contributed by atoms with Crippen molar-refractivity contribution in [1.82, 2.24) is 14.8 Å². The molecule has 4 aromatic rings. The second kappa shape index (κ2) is 6.96. The number of nitrogens with one attached hydrogen (secondary N) is 1. The van der Waals surface area contributed by atoms with Gasteiger partial charge in [-0.1, -0.05) is 24.3 Å². The third-order valence-corrected chi connectivity index (χ3v) is 5.65. The monoisotopic (exact) mass is 376 g/mol. The molecule has 5 nitrogen and oxygen atoms in total. The van der Waals surface area contributed by atoms with E-state index in [9.17, 15) is 4.79 Å². The molecule has 0 atom stereocenters. The first kappa shape index (κ1) is 17.4. The van der Waals surface area contributed by atoms with Gasteiger partial charge in [0, 0.05) is 23.5 Å². The number of aryl methyl sites for hydroxylation is 2. The molecule has 0 aliphatic rings. The number of para-hydroxylation sites is 1. The Morgan fingerprint density at radius 2 is 1.96 bits per heavy atom. The molecule has 0 unspecified atom stereocenters. The molecule has 0 bridgehead atoms. The number of amides is 1. The van der Waals surface area contributed by atoms with Crippen LogP contribution in [0.2, 0.25) is 0 Å². The van der Waals surface area contributed by atoms with Crippen molar-refractivity contribution in [3.8, 4) is 10.6 Å². The van der Waals surface area contributed by atoms with Crippen molar-refractivity contribution in [3.05, 3.63) is 65.5 Å². The van der Waals surface area contributed by atoms with Crippen molar-refractivity contribution in [2.45, 2.75) is 27.3 Å². The molecular formula is C21H20N4OS. The topological polar surface area (TPSA) is 59.8 Å². The lowest BCUT2D eigenvalue weighted by Crippen LogP contribution is -2.14. The minimum atomic E-state index is -0.133. The number of rotatable bonds is 4. The number of fused-ring (bicyclic) bond motifs is 1. The molecule has 1 amide bonds. The lowest BCUT2D eigenvalue weighted by Gasteiger charge is -2.07. The Hall–Kier alpha value is -2.99. The molecule has 0 radical (unpaired) electrons. The van der Waals surface area contributed by atoms with Crippen LogP contribution >= 0.6 is 11.3 Å². The Kier molecular flexibility index (Phi) is 4.49. The van der Waals surface area contributed by atoms with Crippen LogP contribution in [0.4, 0.5) is 5.69 Å². The minimum Gasteiger partial charge on any atom is -0.322 e. The first-order chi connectivity index (χ1) is 13.1. The van der Waals surface area contributed by atoms with Gasteiger partial charge in [0.2, 0.25) is 0 Å². The van der Waals surface area contributed by atoms with Crippen LogP contribution in [0.5, 0.6) is 0 Å². The van der Waals surface area contributed by atoms with E-state index in [-0.39, 0.29) is 5.91 Å². The van der Waals surface area contributed by atoms with Gasteiger partial charge in [0.1, 0.15) is 5.01 Å². The molecule has 0 spiro atoms. The van der Waals surface area contributed by atoms with Crippen LogP contribution in [0.3, 0.4) is 0 Å². The summed E-state index contributed by atoms with van der Waals surface area (Å²) in [4.78, 5) is 17.5. The number of anilines is 1. The highest BCUT2D eigenvalue weighted by atomic mass is 32.1. The number of aromatic nitrogens is 3. The largest absolute Gasteiger partial charge is 0.322 e. The number of hydrogen-bond acceptors (Lipinski definition) is 4.